The first kappa shape index (κ1) is 19.1. The van der Waals surface area contributed by atoms with Crippen molar-refractivity contribution in [1.82, 2.24) is 0 Å². The second-order valence-corrected chi connectivity index (χ2v) is 7.50. The summed E-state index contributed by atoms with van der Waals surface area (Å²) in [5, 5.41) is 20.5. The molecule has 0 aliphatic heterocycles. The molecule has 3 rings (SSSR count). The van der Waals surface area contributed by atoms with E-state index < -0.39 is 6.29 Å². The summed E-state index contributed by atoms with van der Waals surface area (Å²) in [6.45, 7) is 0. The van der Waals surface area contributed by atoms with Crippen molar-refractivity contribution in [2.75, 3.05) is 0 Å². The molecule has 2 atom stereocenters. The number of hydrogen-bond acceptors (Lipinski definition) is 3. The molecule has 1 aliphatic carbocycles. The third-order valence-electron chi connectivity index (χ3n) is 5.32. The van der Waals surface area contributed by atoms with E-state index in [4.69, 9.17) is 4.74 Å². The van der Waals surface area contributed by atoms with Gasteiger partial charge in [0.15, 0.2) is 6.29 Å². The molecule has 0 saturated heterocycles. The van der Waals surface area contributed by atoms with Crippen LogP contribution in [0.25, 0.3) is 0 Å². The minimum atomic E-state index is -0.734. The van der Waals surface area contributed by atoms with Gasteiger partial charge in [-0.1, -0.05) is 60.7 Å². The Morgan fingerprint density at radius 3 is 1.88 bits per heavy atom. The van der Waals surface area contributed by atoms with Crippen molar-refractivity contribution in [2.24, 2.45) is 5.92 Å². The summed E-state index contributed by atoms with van der Waals surface area (Å²) >= 11 is 0. The van der Waals surface area contributed by atoms with Crippen molar-refractivity contribution in [2.45, 2.75) is 63.4 Å². The van der Waals surface area contributed by atoms with Crippen molar-refractivity contribution in [1.29, 1.82) is 0 Å². The monoisotopic (exact) mass is 354 g/mol. The van der Waals surface area contributed by atoms with E-state index in [2.05, 4.69) is 12.1 Å². The Morgan fingerprint density at radius 1 is 0.769 bits per heavy atom. The molecular weight excluding hydrogens is 324 g/mol. The van der Waals surface area contributed by atoms with Gasteiger partial charge in [0, 0.05) is 6.42 Å². The molecule has 3 heteroatoms. The summed E-state index contributed by atoms with van der Waals surface area (Å²) in [5.74, 6) is 0.555. The maximum atomic E-state index is 10.4. The van der Waals surface area contributed by atoms with Gasteiger partial charge in [0.05, 0.1) is 12.2 Å². The molecule has 0 amide bonds. The molecule has 2 aromatic rings. The maximum absolute atomic E-state index is 10.4. The Morgan fingerprint density at radius 2 is 1.31 bits per heavy atom. The lowest BCUT2D eigenvalue weighted by Gasteiger charge is -2.31. The van der Waals surface area contributed by atoms with Crippen LogP contribution in [-0.2, 0) is 17.6 Å². The lowest BCUT2D eigenvalue weighted by atomic mass is 9.83. The standard InChI is InChI=1S/C23H30O3/c24-21(15-18-7-3-1-4-8-18)16-20-11-13-22(14-12-20)26-23(25)17-19-9-5-2-6-10-19/h1-10,20-25H,11-17H2. The summed E-state index contributed by atoms with van der Waals surface area (Å²) in [4.78, 5) is 0. The second kappa shape index (κ2) is 9.86. The fourth-order valence-corrected chi connectivity index (χ4v) is 3.94. The highest BCUT2D eigenvalue weighted by Gasteiger charge is 2.25. The molecular formula is C23H30O3. The zero-order valence-corrected chi connectivity index (χ0v) is 15.3. The Kier molecular flexibility index (Phi) is 7.24. The van der Waals surface area contributed by atoms with Crippen LogP contribution >= 0.6 is 0 Å². The first-order valence-corrected chi connectivity index (χ1v) is 9.78. The Bertz CT molecular complexity index is 563. The molecule has 2 aromatic carbocycles. The fraction of sp³-hybridized carbons (Fsp3) is 0.478. The predicted molar refractivity (Wildman–Crippen MR) is 104 cm³/mol. The molecule has 1 saturated carbocycles. The zero-order valence-electron chi connectivity index (χ0n) is 15.3. The Hall–Kier alpha value is -1.68. The number of aliphatic hydroxyl groups is 2. The highest BCUT2D eigenvalue weighted by Crippen LogP contribution is 2.30. The molecule has 0 radical (unpaired) electrons. The molecule has 2 N–H and O–H groups in total. The van der Waals surface area contributed by atoms with Crippen molar-refractivity contribution >= 4 is 0 Å². The summed E-state index contributed by atoms with van der Waals surface area (Å²) in [6.07, 6.45) is 5.31. The summed E-state index contributed by atoms with van der Waals surface area (Å²) in [7, 11) is 0. The zero-order chi connectivity index (χ0) is 18.2. The largest absolute Gasteiger partial charge is 0.393 e. The van der Waals surface area contributed by atoms with Gasteiger partial charge in [0.25, 0.3) is 0 Å². The van der Waals surface area contributed by atoms with Gasteiger partial charge in [0.1, 0.15) is 0 Å². The predicted octanol–water partition coefficient (Wildman–Crippen LogP) is 4.12. The minimum Gasteiger partial charge on any atom is -0.393 e. The smallest absolute Gasteiger partial charge is 0.158 e. The molecule has 0 aromatic heterocycles. The van der Waals surface area contributed by atoms with Crippen molar-refractivity contribution in [3.8, 4) is 0 Å². The van der Waals surface area contributed by atoms with Gasteiger partial charge in [-0.3, -0.25) is 0 Å². The van der Waals surface area contributed by atoms with Crippen LogP contribution in [0.2, 0.25) is 0 Å². The number of ether oxygens (including phenoxy) is 1. The molecule has 1 fully saturated rings. The second-order valence-electron chi connectivity index (χ2n) is 7.50. The van der Waals surface area contributed by atoms with E-state index in [-0.39, 0.29) is 12.2 Å². The first-order valence-electron chi connectivity index (χ1n) is 9.78. The number of hydrogen-bond donors (Lipinski definition) is 2. The minimum absolute atomic E-state index is 0.135. The van der Waals surface area contributed by atoms with Gasteiger partial charge in [-0.2, -0.15) is 0 Å². The molecule has 0 spiro atoms. The van der Waals surface area contributed by atoms with Crippen LogP contribution in [0, 0.1) is 5.92 Å². The Labute approximate surface area is 156 Å². The van der Waals surface area contributed by atoms with Gasteiger partial charge >= 0.3 is 0 Å². The summed E-state index contributed by atoms with van der Waals surface area (Å²) < 4.78 is 5.84. The van der Waals surface area contributed by atoms with Crippen molar-refractivity contribution in [3.05, 3.63) is 71.8 Å². The Balaban J connectivity index is 1.36. The van der Waals surface area contributed by atoms with Gasteiger partial charge in [-0.05, 0) is 55.6 Å². The third-order valence-corrected chi connectivity index (χ3v) is 5.32. The van der Waals surface area contributed by atoms with Crippen LogP contribution < -0.4 is 0 Å². The van der Waals surface area contributed by atoms with Crippen LogP contribution in [0.4, 0.5) is 0 Å². The topological polar surface area (TPSA) is 49.7 Å². The molecule has 2 unspecified atom stereocenters. The van der Waals surface area contributed by atoms with E-state index in [0.717, 1.165) is 44.1 Å². The third kappa shape index (κ3) is 6.24. The molecule has 140 valence electrons. The highest BCUT2D eigenvalue weighted by molar-refractivity contribution is 5.16. The van der Waals surface area contributed by atoms with Gasteiger partial charge < -0.3 is 14.9 Å². The van der Waals surface area contributed by atoms with Crippen LogP contribution in [0.3, 0.4) is 0 Å². The highest BCUT2D eigenvalue weighted by atomic mass is 16.6. The first-order chi connectivity index (χ1) is 12.7. The van der Waals surface area contributed by atoms with E-state index in [9.17, 15) is 10.2 Å². The van der Waals surface area contributed by atoms with Crippen LogP contribution in [0.15, 0.2) is 60.7 Å². The molecule has 0 heterocycles. The molecule has 3 nitrogen and oxygen atoms in total. The normalized spacial score (nSPS) is 22.7. The summed E-state index contributed by atoms with van der Waals surface area (Å²) in [6, 6.07) is 20.1. The van der Waals surface area contributed by atoms with Crippen LogP contribution in [0.1, 0.15) is 43.2 Å². The lowest BCUT2D eigenvalue weighted by molar-refractivity contribution is -0.145. The van der Waals surface area contributed by atoms with Crippen LogP contribution in [-0.4, -0.2) is 28.7 Å². The van der Waals surface area contributed by atoms with Crippen molar-refractivity contribution in [3.63, 3.8) is 0 Å². The van der Waals surface area contributed by atoms with E-state index in [1.54, 1.807) is 0 Å². The van der Waals surface area contributed by atoms with E-state index in [1.807, 2.05) is 48.5 Å². The molecule has 26 heavy (non-hydrogen) atoms. The summed E-state index contributed by atoms with van der Waals surface area (Å²) in [5.41, 5.74) is 2.29. The average Bonchev–Trinajstić information content (AvgIpc) is 2.65. The van der Waals surface area contributed by atoms with Crippen molar-refractivity contribution < 1.29 is 14.9 Å². The quantitative estimate of drug-likeness (QED) is 0.701. The number of benzene rings is 2. The molecule has 0 bridgehead atoms. The van der Waals surface area contributed by atoms with E-state index in [0.29, 0.717) is 12.3 Å². The number of aliphatic hydroxyl groups excluding tert-OH is 2. The van der Waals surface area contributed by atoms with Gasteiger partial charge in [-0.25, -0.2) is 0 Å². The maximum Gasteiger partial charge on any atom is 0.158 e. The fourth-order valence-electron chi connectivity index (χ4n) is 3.94. The van der Waals surface area contributed by atoms with Gasteiger partial charge in [0.2, 0.25) is 0 Å². The average molecular weight is 354 g/mol. The SMILES string of the molecule is OC(Cc1ccccc1)CC1CCC(OC(O)Cc2ccccc2)CC1. The lowest BCUT2D eigenvalue weighted by Crippen LogP contribution is -2.29. The van der Waals surface area contributed by atoms with Gasteiger partial charge in [-0.15, -0.1) is 0 Å². The number of rotatable bonds is 8. The molecule has 1 aliphatic rings. The van der Waals surface area contributed by atoms with E-state index >= 15 is 0 Å². The van der Waals surface area contributed by atoms with Crippen LogP contribution in [0.5, 0.6) is 0 Å². The van der Waals surface area contributed by atoms with E-state index in [1.165, 1.54) is 5.56 Å².